The summed E-state index contributed by atoms with van der Waals surface area (Å²) in [5.41, 5.74) is -0.599. The number of carbonyl (C=O) groups is 1. The number of nitrogens with zero attached hydrogens (tertiary/aromatic N) is 3. The number of aliphatic imine (C=N–C) groups is 1. The Morgan fingerprint density at radius 1 is 1.25 bits per heavy atom. The highest BCUT2D eigenvalue weighted by atomic mass is 16.5. The van der Waals surface area contributed by atoms with Crippen molar-refractivity contribution in [2.24, 2.45) is 4.99 Å². The van der Waals surface area contributed by atoms with Gasteiger partial charge in [-0.1, -0.05) is 0 Å². The van der Waals surface area contributed by atoms with Gasteiger partial charge in [-0.3, -0.25) is 9.79 Å². The molecule has 3 aliphatic rings. The summed E-state index contributed by atoms with van der Waals surface area (Å²) >= 11 is 0. The first kappa shape index (κ1) is 17.5. The highest BCUT2D eigenvalue weighted by molar-refractivity contribution is 5.82. The smallest absolute Gasteiger partial charge is 0.251 e. The van der Waals surface area contributed by atoms with Crippen molar-refractivity contribution < 1.29 is 14.6 Å². The Kier molecular flexibility index (Phi) is 5.61. The maximum Gasteiger partial charge on any atom is 0.251 e. The van der Waals surface area contributed by atoms with Crippen LogP contribution in [0.2, 0.25) is 0 Å². The summed E-state index contributed by atoms with van der Waals surface area (Å²) in [5, 5.41) is 13.6. The van der Waals surface area contributed by atoms with E-state index < -0.39 is 5.60 Å². The van der Waals surface area contributed by atoms with Gasteiger partial charge in [0.1, 0.15) is 6.10 Å². The van der Waals surface area contributed by atoms with Crippen molar-refractivity contribution in [3.05, 3.63) is 0 Å². The Balaban J connectivity index is 1.52. The summed E-state index contributed by atoms with van der Waals surface area (Å²) in [7, 11) is 0. The van der Waals surface area contributed by atoms with E-state index in [1.54, 1.807) is 0 Å². The molecule has 1 unspecified atom stereocenters. The Labute approximate surface area is 144 Å². The first-order valence-electron chi connectivity index (χ1n) is 9.27. The van der Waals surface area contributed by atoms with Gasteiger partial charge in [0.25, 0.3) is 5.91 Å². The van der Waals surface area contributed by atoms with E-state index in [4.69, 9.17) is 4.74 Å². The molecule has 0 spiro atoms. The molecule has 1 amide bonds. The molecule has 3 rings (SSSR count). The largest absolute Gasteiger partial charge is 0.388 e. The fourth-order valence-corrected chi connectivity index (χ4v) is 3.51. The van der Waals surface area contributed by atoms with Crippen molar-refractivity contribution in [1.82, 2.24) is 15.1 Å². The van der Waals surface area contributed by atoms with Gasteiger partial charge in [0.15, 0.2) is 5.96 Å². The van der Waals surface area contributed by atoms with E-state index in [0.717, 1.165) is 57.7 Å². The van der Waals surface area contributed by atoms with Gasteiger partial charge in [-0.25, -0.2) is 0 Å². The third-order valence-electron chi connectivity index (χ3n) is 5.24. The predicted octanol–water partition coefficient (Wildman–Crippen LogP) is 0.190. The minimum absolute atomic E-state index is 0.137. The third kappa shape index (κ3) is 4.00. The molecule has 7 heteroatoms. The molecular weight excluding hydrogens is 308 g/mol. The fraction of sp³-hybridized carbons (Fsp3) is 0.882. The first-order chi connectivity index (χ1) is 11.6. The molecule has 7 nitrogen and oxygen atoms in total. The zero-order valence-corrected chi connectivity index (χ0v) is 14.7. The number of carbonyl (C=O) groups excluding carboxylic acids is 1. The topological polar surface area (TPSA) is 77.4 Å². The van der Waals surface area contributed by atoms with Crippen molar-refractivity contribution in [3.63, 3.8) is 0 Å². The van der Waals surface area contributed by atoms with Crippen molar-refractivity contribution in [2.45, 2.75) is 50.7 Å². The second-order valence-electron chi connectivity index (χ2n) is 7.06. The van der Waals surface area contributed by atoms with Crippen LogP contribution in [0.3, 0.4) is 0 Å². The summed E-state index contributed by atoms with van der Waals surface area (Å²) in [6.45, 7) is 6.95. The van der Waals surface area contributed by atoms with E-state index in [9.17, 15) is 9.90 Å². The highest BCUT2D eigenvalue weighted by Gasteiger charge is 2.35. The van der Waals surface area contributed by atoms with E-state index in [0.29, 0.717) is 26.2 Å². The van der Waals surface area contributed by atoms with Crippen LogP contribution in [0.25, 0.3) is 0 Å². The Bertz CT molecular complexity index is 464. The van der Waals surface area contributed by atoms with Gasteiger partial charge in [0.2, 0.25) is 0 Å². The molecule has 2 aliphatic heterocycles. The van der Waals surface area contributed by atoms with Crippen LogP contribution in [0.15, 0.2) is 4.99 Å². The summed E-state index contributed by atoms with van der Waals surface area (Å²) < 4.78 is 5.51. The third-order valence-corrected chi connectivity index (χ3v) is 5.24. The number of guanidine groups is 1. The Morgan fingerprint density at radius 3 is 2.50 bits per heavy atom. The van der Waals surface area contributed by atoms with Crippen LogP contribution >= 0.6 is 0 Å². The molecule has 24 heavy (non-hydrogen) atoms. The zero-order chi connectivity index (χ0) is 17.0. The van der Waals surface area contributed by atoms with Gasteiger partial charge in [-0.15, -0.1) is 0 Å². The van der Waals surface area contributed by atoms with Crippen molar-refractivity contribution >= 4 is 11.9 Å². The Hall–Kier alpha value is -1.34. The number of piperazine rings is 1. The fourth-order valence-electron chi connectivity index (χ4n) is 3.51. The van der Waals surface area contributed by atoms with E-state index >= 15 is 0 Å². The zero-order valence-electron chi connectivity index (χ0n) is 14.7. The monoisotopic (exact) mass is 338 g/mol. The number of amides is 1. The summed E-state index contributed by atoms with van der Waals surface area (Å²) in [5.74, 6) is 0.986. The lowest BCUT2D eigenvalue weighted by molar-refractivity contribution is -0.142. The average molecular weight is 338 g/mol. The predicted molar refractivity (Wildman–Crippen MR) is 91.9 cm³/mol. The molecule has 1 saturated carbocycles. The van der Waals surface area contributed by atoms with Crippen LogP contribution in [0.5, 0.6) is 0 Å². The molecule has 2 saturated heterocycles. The van der Waals surface area contributed by atoms with Crippen LogP contribution < -0.4 is 5.32 Å². The summed E-state index contributed by atoms with van der Waals surface area (Å²) in [6, 6.07) is 0. The lowest BCUT2D eigenvalue weighted by Crippen LogP contribution is -2.55. The van der Waals surface area contributed by atoms with Gasteiger partial charge < -0.3 is 25.0 Å². The van der Waals surface area contributed by atoms with Gasteiger partial charge >= 0.3 is 0 Å². The average Bonchev–Trinajstić information content (AvgIpc) is 3.11. The number of hydrogen-bond donors (Lipinski definition) is 2. The number of ether oxygens (including phenoxy) is 1. The second kappa shape index (κ2) is 7.70. The molecule has 0 bridgehead atoms. The minimum Gasteiger partial charge on any atom is -0.388 e. The van der Waals surface area contributed by atoms with Gasteiger partial charge in [-0.05, 0) is 39.0 Å². The molecule has 0 radical (unpaired) electrons. The molecule has 2 N–H and O–H groups in total. The van der Waals surface area contributed by atoms with E-state index in [-0.39, 0.29) is 12.0 Å². The molecule has 1 atom stereocenters. The van der Waals surface area contributed by atoms with Crippen molar-refractivity contribution in [3.8, 4) is 0 Å². The van der Waals surface area contributed by atoms with Crippen molar-refractivity contribution in [1.29, 1.82) is 0 Å². The van der Waals surface area contributed by atoms with E-state index in [2.05, 4.69) is 15.2 Å². The lowest BCUT2D eigenvalue weighted by Gasteiger charge is -2.38. The molecule has 1 aliphatic carbocycles. The van der Waals surface area contributed by atoms with Crippen LogP contribution in [0.1, 0.15) is 39.0 Å². The molecule has 0 aromatic rings. The molecular formula is C17H30N4O3. The van der Waals surface area contributed by atoms with Gasteiger partial charge in [0.05, 0.1) is 12.1 Å². The van der Waals surface area contributed by atoms with Crippen LogP contribution in [0, 0.1) is 0 Å². The van der Waals surface area contributed by atoms with Gasteiger partial charge in [-0.2, -0.15) is 0 Å². The first-order valence-corrected chi connectivity index (χ1v) is 9.27. The second-order valence-corrected chi connectivity index (χ2v) is 7.06. The molecule has 0 aromatic carbocycles. The lowest BCUT2D eigenvalue weighted by atomic mass is 9.80. The number of hydrogen-bond acceptors (Lipinski definition) is 4. The minimum atomic E-state index is -0.599. The maximum absolute atomic E-state index is 12.4. The molecule has 0 aromatic heterocycles. The summed E-state index contributed by atoms with van der Waals surface area (Å²) in [4.78, 5) is 21.1. The highest BCUT2D eigenvalue weighted by Crippen LogP contribution is 2.31. The van der Waals surface area contributed by atoms with Gasteiger partial charge in [0, 0.05) is 39.3 Å². The van der Waals surface area contributed by atoms with Crippen molar-refractivity contribution in [2.75, 3.05) is 45.9 Å². The van der Waals surface area contributed by atoms with E-state index in [1.165, 1.54) is 0 Å². The SMILES string of the molecule is CCNC(=NCC1(O)CCC1)N1CCN(C(=O)C2CCCO2)CC1. The van der Waals surface area contributed by atoms with Crippen LogP contribution in [0.4, 0.5) is 0 Å². The number of aliphatic hydroxyl groups is 1. The van der Waals surface area contributed by atoms with Crippen LogP contribution in [-0.2, 0) is 9.53 Å². The molecule has 3 fully saturated rings. The van der Waals surface area contributed by atoms with Crippen LogP contribution in [-0.4, -0.2) is 84.4 Å². The standard InChI is InChI=1S/C17H30N4O3/c1-2-18-16(19-13-17(23)6-4-7-17)21-10-8-20(9-11-21)15(22)14-5-3-12-24-14/h14,23H,2-13H2,1H3,(H,18,19). The molecule has 2 heterocycles. The summed E-state index contributed by atoms with van der Waals surface area (Å²) in [6.07, 6.45) is 4.38. The number of rotatable bonds is 4. The quantitative estimate of drug-likeness (QED) is 0.565. The Morgan fingerprint density at radius 2 is 1.96 bits per heavy atom. The number of nitrogens with one attached hydrogen (secondary N) is 1. The normalized spacial score (nSPS) is 27.1. The van der Waals surface area contributed by atoms with E-state index in [1.807, 2.05) is 11.8 Å². The maximum atomic E-state index is 12.4. The molecule has 136 valence electrons.